The molecule has 20 heavy (non-hydrogen) atoms. The summed E-state index contributed by atoms with van der Waals surface area (Å²) >= 11 is 0. The number of nitrogens with one attached hydrogen (secondary N) is 1. The standard InChI is InChI=1S/C16H21N3O/c1-16(2,20)10-19(3)14-9-8-13(15(17)18)11-6-4-5-7-12(11)14/h4-9,20H,10H2,1-3H3,(H3,17,18). The lowest BCUT2D eigenvalue weighted by molar-refractivity contribution is 0.0887. The first kappa shape index (κ1) is 14.3. The first-order valence-corrected chi connectivity index (χ1v) is 6.59. The zero-order chi connectivity index (χ0) is 14.9. The maximum atomic E-state index is 9.97. The number of nitrogen functional groups attached to an aromatic ring is 1. The van der Waals surface area contributed by atoms with E-state index in [2.05, 4.69) is 0 Å². The zero-order valence-electron chi connectivity index (χ0n) is 12.1. The molecule has 0 heterocycles. The molecule has 4 N–H and O–H groups in total. The second kappa shape index (κ2) is 5.13. The molecule has 4 heteroatoms. The lowest BCUT2D eigenvalue weighted by Crippen LogP contribution is -2.36. The number of fused-ring (bicyclic) bond motifs is 1. The Morgan fingerprint density at radius 1 is 1.20 bits per heavy atom. The molecule has 0 fully saturated rings. The Hall–Kier alpha value is -2.07. The van der Waals surface area contributed by atoms with Crippen molar-refractivity contribution in [3.05, 3.63) is 42.0 Å². The number of likely N-dealkylation sites (N-methyl/N-ethyl adjacent to an activating group) is 1. The Bertz CT molecular complexity index is 644. The summed E-state index contributed by atoms with van der Waals surface area (Å²) in [4.78, 5) is 2.02. The largest absolute Gasteiger partial charge is 0.389 e. The highest BCUT2D eigenvalue weighted by atomic mass is 16.3. The van der Waals surface area contributed by atoms with Crippen LogP contribution in [-0.4, -0.2) is 30.1 Å². The van der Waals surface area contributed by atoms with Gasteiger partial charge in [0.1, 0.15) is 5.84 Å². The maximum Gasteiger partial charge on any atom is 0.123 e. The van der Waals surface area contributed by atoms with E-state index in [1.54, 1.807) is 13.8 Å². The van der Waals surface area contributed by atoms with Crippen LogP contribution in [0.3, 0.4) is 0 Å². The second-order valence-electron chi connectivity index (χ2n) is 5.76. The fourth-order valence-corrected chi connectivity index (χ4v) is 2.52. The topological polar surface area (TPSA) is 73.3 Å². The Labute approximate surface area is 119 Å². The van der Waals surface area contributed by atoms with E-state index >= 15 is 0 Å². The number of nitrogens with zero attached hydrogens (tertiary/aromatic N) is 1. The van der Waals surface area contributed by atoms with Crippen LogP contribution in [-0.2, 0) is 0 Å². The number of amidine groups is 1. The Morgan fingerprint density at radius 3 is 2.35 bits per heavy atom. The number of nitrogens with two attached hydrogens (primary N) is 1. The van der Waals surface area contributed by atoms with Crippen LogP contribution in [0.1, 0.15) is 19.4 Å². The average molecular weight is 271 g/mol. The van der Waals surface area contributed by atoms with Gasteiger partial charge in [-0.05, 0) is 31.4 Å². The van der Waals surface area contributed by atoms with Crippen molar-refractivity contribution >= 4 is 22.3 Å². The van der Waals surface area contributed by atoms with Crippen LogP contribution in [0, 0.1) is 5.41 Å². The molecule has 2 aromatic carbocycles. The van der Waals surface area contributed by atoms with Crippen molar-refractivity contribution in [1.82, 2.24) is 0 Å². The highest BCUT2D eigenvalue weighted by Crippen LogP contribution is 2.29. The molecule has 0 radical (unpaired) electrons. The van der Waals surface area contributed by atoms with Crippen LogP contribution in [0.2, 0.25) is 0 Å². The minimum Gasteiger partial charge on any atom is -0.389 e. The molecule has 2 aromatic rings. The Morgan fingerprint density at radius 2 is 1.80 bits per heavy atom. The molecule has 0 amide bonds. The van der Waals surface area contributed by atoms with Crippen molar-refractivity contribution in [2.45, 2.75) is 19.4 Å². The third-order valence-corrected chi connectivity index (χ3v) is 3.23. The van der Waals surface area contributed by atoms with Gasteiger partial charge in [-0.3, -0.25) is 5.41 Å². The molecule has 0 saturated heterocycles. The molecule has 0 aliphatic heterocycles. The summed E-state index contributed by atoms with van der Waals surface area (Å²) in [6.45, 7) is 4.10. The minimum absolute atomic E-state index is 0.0675. The summed E-state index contributed by atoms with van der Waals surface area (Å²) < 4.78 is 0. The summed E-state index contributed by atoms with van der Waals surface area (Å²) in [6, 6.07) is 11.7. The average Bonchev–Trinajstić information content (AvgIpc) is 2.35. The first-order valence-electron chi connectivity index (χ1n) is 6.59. The van der Waals surface area contributed by atoms with E-state index in [-0.39, 0.29) is 5.84 Å². The molecular weight excluding hydrogens is 250 g/mol. The molecule has 0 unspecified atom stereocenters. The van der Waals surface area contributed by atoms with Crippen LogP contribution >= 0.6 is 0 Å². The predicted molar refractivity (Wildman–Crippen MR) is 84.5 cm³/mol. The van der Waals surface area contributed by atoms with E-state index in [0.717, 1.165) is 22.0 Å². The molecule has 4 nitrogen and oxygen atoms in total. The van der Waals surface area contributed by atoms with E-state index in [4.69, 9.17) is 11.1 Å². The summed E-state index contributed by atoms with van der Waals surface area (Å²) in [5.74, 6) is 0.0675. The lowest BCUT2D eigenvalue weighted by Gasteiger charge is -2.28. The number of aliphatic hydroxyl groups is 1. The van der Waals surface area contributed by atoms with Gasteiger partial charge in [-0.1, -0.05) is 24.3 Å². The number of hydrogen-bond acceptors (Lipinski definition) is 3. The van der Waals surface area contributed by atoms with E-state index in [9.17, 15) is 5.11 Å². The van der Waals surface area contributed by atoms with Crippen molar-refractivity contribution in [2.75, 3.05) is 18.5 Å². The first-order chi connectivity index (χ1) is 9.29. The van der Waals surface area contributed by atoms with Gasteiger partial charge in [0.25, 0.3) is 0 Å². The molecule has 0 atom stereocenters. The van der Waals surface area contributed by atoms with Gasteiger partial charge < -0.3 is 15.7 Å². The molecule has 0 spiro atoms. The van der Waals surface area contributed by atoms with E-state index in [1.807, 2.05) is 48.3 Å². The fourth-order valence-electron chi connectivity index (χ4n) is 2.52. The van der Waals surface area contributed by atoms with Gasteiger partial charge in [0.2, 0.25) is 0 Å². The van der Waals surface area contributed by atoms with Crippen LogP contribution < -0.4 is 10.6 Å². The molecule has 2 rings (SSSR count). The molecular formula is C16H21N3O. The fraction of sp³-hybridized carbons (Fsp3) is 0.312. The number of benzene rings is 2. The van der Waals surface area contributed by atoms with Crippen molar-refractivity contribution in [2.24, 2.45) is 5.73 Å². The Kier molecular flexibility index (Phi) is 3.68. The maximum absolute atomic E-state index is 9.97. The molecule has 106 valence electrons. The molecule has 0 aliphatic rings. The molecule has 0 saturated carbocycles. The van der Waals surface area contributed by atoms with Gasteiger partial charge in [-0.15, -0.1) is 0 Å². The van der Waals surface area contributed by atoms with Crippen LogP contribution in [0.25, 0.3) is 10.8 Å². The molecule has 0 bridgehead atoms. The normalized spacial score (nSPS) is 11.6. The van der Waals surface area contributed by atoms with E-state index < -0.39 is 5.60 Å². The van der Waals surface area contributed by atoms with Gasteiger partial charge in [0.15, 0.2) is 0 Å². The number of rotatable bonds is 4. The highest BCUT2D eigenvalue weighted by Gasteiger charge is 2.18. The van der Waals surface area contributed by atoms with Crippen molar-refractivity contribution < 1.29 is 5.11 Å². The van der Waals surface area contributed by atoms with Crippen molar-refractivity contribution in [3.63, 3.8) is 0 Å². The van der Waals surface area contributed by atoms with Crippen LogP contribution in [0.5, 0.6) is 0 Å². The summed E-state index contributed by atoms with van der Waals surface area (Å²) in [5.41, 5.74) is 6.63. The van der Waals surface area contributed by atoms with Crippen molar-refractivity contribution in [3.8, 4) is 0 Å². The van der Waals surface area contributed by atoms with Gasteiger partial charge in [0, 0.05) is 30.2 Å². The van der Waals surface area contributed by atoms with Crippen LogP contribution in [0.4, 0.5) is 5.69 Å². The predicted octanol–water partition coefficient (Wildman–Crippen LogP) is 2.33. The summed E-state index contributed by atoms with van der Waals surface area (Å²) in [6.07, 6.45) is 0. The van der Waals surface area contributed by atoms with E-state index in [0.29, 0.717) is 6.54 Å². The van der Waals surface area contributed by atoms with Gasteiger partial charge in [-0.25, -0.2) is 0 Å². The zero-order valence-corrected chi connectivity index (χ0v) is 12.1. The van der Waals surface area contributed by atoms with Gasteiger partial charge >= 0.3 is 0 Å². The minimum atomic E-state index is -0.769. The highest BCUT2D eigenvalue weighted by molar-refractivity contribution is 6.10. The summed E-state index contributed by atoms with van der Waals surface area (Å²) in [5, 5.41) is 19.6. The monoisotopic (exact) mass is 271 g/mol. The lowest BCUT2D eigenvalue weighted by atomic mass is 10.0. The quantitative estimate of drug-likeness (QED) is 0.590. The molecule has 0 aromatic heterocycles. The Balaban J connectivity index is 2.56. The third kappa shape index (κ3) is 2.91. The van der Waals surface area contributed by atoms with E-state index in [1.165, 1.54) is 0 Å². The summed E-state index contributed by atoms with van der Waals surface area (Å²) in [7, 11) is 1.95. The second-order valence-corrected chi connectivity index (χ2v) is 5.76. The number of hydrogen-bond donors (Lipinski definition) is 3. The van der Waals surface area contributed by atoms with Crippen molar-refractivity contribution in [1.29, 1.82) is 5.41 Å². The van der Waals surface area contributed by atoms with Crippen LogP contribution in [0.15, 0.2) is 36.4 Å². The van der Waals surface area contributed by atoms with Gasteiger partial charge in [0.05, 0.1) is 5.60 Å². The van der Waals surface area contributed by atoms with Gasteiger partial charge in [-0.2, -0.15) is 0 Å². The SMILES string of the molecule is CN(CC(C)(C)O)c1ccc(C(=N)N)c2ccccc12. The smallest absolute Gasteiger partial charge is 0.123 e. The molecule has 0 aliphatic carbocycles. The third-order valence-electron chi connectivity index (χ3n) is 3.23. The number of anilines is 1.